The predicted octanol–water partition coefficient (Wildman–Crippen LogP) is -0.762. The summed E-state index contributed by atoms with van der Waals surface area (Å²) in [7, 11) is 0.620. The second-order valence-corrected chi connectivity index (χ2v) is 6.48. The Kier molecular flexibility index (Phi) is 4.05. The highest BCUT2D eigenvalue weighted by Crippen LogP contribution is 2.16. The third-order valence-electron chi connectivity index (χ3n) is 2.57. The molecule has 0 bridgehead atoms. The Morgan fingerprint density at radius 2 is 2.20 bits per heavy atom. The first kappa shape index (κ1) is 12.8. The summed E-state index contributed by atoms with van der Waals surface area (Å²) in [6, 6.07) is 0.297. The molecule has 7 heteroatoms. The maximum Gasteiger partial charge on any atom is 0.220 e. The number of nitrogens with two attached hydrogens (primary N) is 1. The van der Waals surface area contributed by atoms with E-state index in [1.54, 1.807) is 0 Å². The summed E-state index contributed by atoms with van der Waals surface area (Å²) in [6.07, 6.45) is 0.865. The molecule has 0 saturated carbocycles. The van der Waals surface area contributed by atoms with E-state index >= 15 is 0 Å². The smallest absolute Gasteiger partial charge is 0.220 e. The molecular formula is C8H17N3O2S2. The minimum Gasteiger partial charge on any atom is -0.392 e. The molecule has 5 nitrogen and oxygen atoms in total. The zero-order valence-electron chi connectivity index (χ0n) is 9.01. The van der Waals surface area contributed by atoms with Crippen LogP contribution in [-0.2, 0) is 10.0 Å². The molecule has 1 aliphatic heterocycles. The van der Waals surface area contributed by atoms with Gasteiger partial charge >= 0.3 is 0 Å². The number of likely N-dealkylation sites (N-methyl/N-ethyl adjacent to an activating group) is 1. The Morgan fingerprint density at radius 3 is 2.60 bits per heavy atom. The van der Waals surface area contributed by atoms with E-state index in [0.717, 1.165) is 6.42 Å². The van der Waals surface area contributed by atoms with E-state index in [-0.39, 0.29) is 10.7 Å². The lowest BCUT2D eigenvalue weighted by atomic mass is 10.2. The molecule has 1 rings (SSSR count). The van der Waals surface area contributed by atoms with Gasteiger partial charge in [-0.2, -0.15) is 4.31 Å². The first-order valence-corrected chi connectivity index (χ1v) is 6.77. The van der Waals surface area contributed by atoms with Crippen molar-refractivity contribution in [2.45, 2.75) is 12.5 Å². The van der Waals surface area contributed by atoms with Crippen molar-refractivity contribution in [2.24, 2.45) is 5.73 Å². The van der Waals surface area contributed by atoms with Gasteiger partial charge in [-0.1, -0.05) is 12.2 Å². The SMILES string of the molecule is CN(C)C1CCN(S(=O)(=O)CC(N)=S)C1. The van der Waals surface area contributed by atoms with E-state index in [4.69, 9.17) is 5.73 Å². The summed E-state index contributed by atoms with van der Waals surface area (Å²) in [6.45, 7) is 1.10. The Bertz CT molecular complexity index is 340. The maximum atomic E-state index is 11.8. The van der Waals surface area contributed by atoms with Crippen molar-refractivity contribution in [3.05, 3.63) is 0 Å². The Hall–Kier alpha value is -0.240. The van der Waals surface area contributed by atoms with Gasteiger partial charge in [-0.3, -0.25) is 0 Å². The second-order valence-electron chi connectivity index (χ2n) is 3.99. The Balaban J connectivity index is 2.64. The number of hydrogen-bond donors (Lipinski definition) is 1. The molecule has 0 aromatic rings. The van der Waals surface area contributed by atoms with E-state index in [0.29, 0.717) is 19.1 Å². The molecular weight excluding hydrogens is 234 g/mol. The van der Waals surface area contributed by atoms with Gasteiger partial charge in [0.2, 0.25) is 10.0 Å². The van der Waals surface area contributed by atoms with Crippen LogP contribution < -0.4 is 5.73 Å². The topological polar surface area (TPSA) is 66.6 Å². The van der Waals surface area contributed by atoms with Crippen LogP contribution in [0.15, 0.2) is 0 Å². The average Bonchev–Trinajstić information content (AvgIpc) is 2.48. The normalized spacial score (nSPS) is 23.5. The van der Waals surface area contributed by atoms with E-state index in [9.17, 15) is 8.42 Å². The van der Waals surface area contributed by atoms with Crippen molar-refractivity contribution in [3.63, 3.8) is 0 Å². The fourth-order valence-electron chi connectivity index (χ4n) is 1.66. The monoisotopic (exact) mass is 251 g/mol. The van der Waals surface area contributed by atoms with E-state index in [1.807, 2.05) is 19.0 Å². The quantitative estimate of drug-likeness (QED) is 0.665. The number of rotatable bonds is 4. The summed E-state index contributed by atoms with van der Waals surface area (Å²) >= 11 is 4.62. The first-order chi connectivity index (χ1) is 6.83. The van der Waals surface area contributed by atoms with Crippen LogP contribution in [-0.4, -0.2) is 61.6 Å². The number of hydrogen-bond acceptors (Lipinski definition) is 4. The van der Waals surface area contributed by atoms with Crippen LogP contribution in [0.25, 0.3) is 0 Å². The van der Waals surface area contributed by atoms with Crippen LogP contribution in [0.2, 0.25) is 0 Å². The second kappa shape index (κ2) is 4.73. The highest BCUT2D eigenvalue weighted by atomic mass is 32.2. The molecule has 88 valence electrons. The summed E-state index contributed by atoms with van der Waals surface area (Å²) in [5, 5.41) is 0. The van der Waals surface area contributed by atoms with Crippen molar-refractivity contribution >= 4 is 27.2 Å². The van der Waals surface area contributed by atoms with Gasteiger partial charge in [-0.05, 0) is 20.5 Å². The molecule has 1 unspecified atom stereocenters. The molecule has 15 heavy (non-hydrogen) atoms. The number of sulfonamides is 1. The van der Waals surface area contributed by atoms with Crippen LogP contribution in [0.4, 0.5) is 0 Å². The highest BCUT2D eigenvalue weighted by Gasteiger charge is 2.32. The van der Waals surface area contributed by atoms with Crippen molar-refractivity contribution in [3.8, 4) is 0 Å². The molecule has 1 saturated heterocycles. The van der Waals surface area contributed by atoms with Gasteiger partial charge < -0.3 is 10.6 Å². The lowest BCUT2D eigenvalue weighted by molar-refractivity contribution is 0.302. The molecule has 0 aromatic carbocycles. The first-order valence-electron chi connectivity index (χ1n) is 4.75. The number of nitrogens with zero attached hydrogens (tertiary/aromatic N) is 2. The van der Waals surface area contributed by atoms with Gasteiger partial charge in [0, 0.05) is 19.1 Å². The lowest BCUT2D eigenvalue weighted by Crippen LogP contribution is -2.38. The molecule has 1 atom stereocenters. The minimum atomic E-state index is -3.29. The molecule has 0 aliphatic carbocycles. The largest absolute Gasteiger partial charge is 0.392 e. The molecule has 2 N–H and O–H groups in total. The van der Waals surface area contributed by atoms with Crippen molar-refractivity contribution in [1.29, 1.82) is 0 Å². The molecule has 0 amide bonds. The fourth-order valence-corrected chi connectivity index (χ4v) is 3.43. The van der Waals surface area contributed by atoms with Gasteiger partial charge in [-0.15, -0.1) is 0 Å². The van der Waals surface area contributed by atoms with Gasteiger partial charge in [0.15, 0.2) is 0 Å². The third-order valence-corrected chi connectivity index (χ3v) is 4.70. The lowest BCUT2D eigenvalue weighted by Gasteiger charge is -2.20. The maximum absolute atomic E-state index is 11.8. The molecule has 1 heterocycles. The van der Waals surface area contributed by atoms with Crippen LogP contribution in [0.1, 0.15) is 6.42 Å². The highest BCUT2D eigenvalue weighted by molar-refractivity contribution is 7.92. The summed E-state index contributed by atoms with van der Waals surface area (Å²) in [5.41, 5.74) is 5.26. The summed E-state index contributed by atoms with van der Waals surface area (Å²) in [4.78, 5) is 2.07. The zero-order valence-corrected chi connectivity index (χ0v) is 10.6. The average molecular weight is 251 g/mol. The van der Waals surface area contributed by atoms with Gasteiger partial charge in [-0.25, -0.2) is 8.42 Å². The van der Waals surface area contributed by atoms with Gasteiger partial charge in [0.05, 0.1) is 4.99 Å². The summed E-state index contributed by atoms with van der Waals surface area (Å²) in [5.74, 6) is -0.220. The molecule has 0 spiro atoms. The van der Waals surface area contributed by atoms with Crippen molar-refractivity contribution in [2.75, 3.05) is 32.9 Å². The van der Waals surface area contributed by atoms with Crippen LogP contribution in [0, 0.1) is 0 Å². The van der Waals surface area contributed by atoms with Crippen LogP contribution in [0.3, 0.4) is 0 Å². The standard InChI is InChI=1S/C8H17N3O2S2/c1-10(2)7-3-4-11(5-7)15(12,13)6-8(9)14/h7H,3-6H2,1-2H3,(H2,9,14). The van der Waals surface area contributed by atoms with Crippen LogP contribution >= 0.6 is 12.2 Å². The predicted molar refractivity (Wildman–Crippen MR) is 64.2 cm³/mol. The number of thiocarbonyl (C=S) groups is 1. The van der Waals surface area contributed by atoms with Crippen molar-refractivity contribution < 1.29 is 8.42 Å². The van der Waals surface area contributed by atoms with Gasteiger partial charge in [0.1, 0.15) is 5.75 Å². The molecule has 1 aliphatic rings. The molecule has 1 fully saturated rings. The Morgan fingerprint density at radius 1 is 1.60 bits per heavy atom. The molecule has 0 aromatic heterocycles. The minimum absolute atomic E-state index is 0.0308. The van der Waals surface area contributed by atoms with Gasteiger partial charge in [0.25, 0.3) is 0 Å². The van der Waals surface area contributed by atoms with E-state index in [1.165, 1.54) is 4.31 Å². The zero-order chi connectivity index (χ0) is 11.6. The van der Waals surface area contributed by atoms with E-state index < -0.39 is 10.0 Å². The third kappa shape index (κ3) is 3.37. The molecule has 0 radical (unpaired) electrons. The van der Waals surface area contributed by atoms with Crippen LogP contribution in [0.5, 0.6) is 0 Å². The summed E-state index contributed by atoms with van der Waals surface area (Å²) < 4.78 is 25.0. The van der Waals surface area contributed by atoms with Crippen molar-refractivity contribution in [1.82, 2.24) is 9.21 Å². The van der Waals surface area contributed by atoms with E-state index in [2.05, 4.69) is 12.2 Å². The Labute approximate surface area is 96.3 Å². The fraction of sp³-hybridized carbons (Fsp3) is 0.875.